The van der Waals surface area contributed by atoms with Crippen molar-refractivity contribution in [3.63, 3.8) is 0 Å². The molecular weight excluding hydrogens is 284 g/mol. The molecule has 0 saturated heterocycles. The van der Waals surface area contributed by atoms with Crippen molar-refractivity contribution in [3.05, 3.63) is 41.8 Å². The van der Waals surface area contributed by atoms with Gasteiger partial charge in [0.1, 0.15) is 0 Å². The lowest BCUT2D eigenvalue weighted by atomic mass is 9.89. The topological polar surface area (TPSA) is 25.8 Å². The van der Waals surface area contributed by atoms with Crippen LogP contribution in [0, 0.1) is 0 Å². The molecule has 2 nitrogen and oxygen atoms in total. The van der Waals surface area contributed by atoms with Gasteiger partial charge in [-0.25, -0.2) is 9.97 Å². The molecule has 1 atom stereocenters. The number of aromatic nitrogens is 2. The standard InChI is InChI=1S/C16H26N2S2/c1-7-13(2)9-8-10-20(6,19)15-17-11-14(12-18-15)16(3,4)5/h7-9,11-12,19H,10H2,1-6H3. The van der Waals surface area contributed by atoms with E-state index < -0.39 is 9.06 Å². The quantitative estimate of drug-likeness (QED) is 0.369. The van der Waals surface area contributed by atoms with E-state index in [4.69, 9.17) is 11.7 Å². The molecule has 0 radical (unpaired) electrons. The van der Waals surface area contributed by atoms with Crippen LogP contribution in [0.15, 0.2) is 41.4 Å². The van der Waals surface area contributed by atoms with Crippen molar-refractivity contribution in [1.82, 2.24) is 9.97 Å². The summed E-state index contributed by atoms with van der Waals surface area (Å²) < 4.78 is 0. The van der Waals surface area contributed by atoms with E-state index in [9.17, 15) is 0 Å². The van der Waals surface area contributed by atoms with E-state index in [1.807, 2.05) is 19.3 Å². The fourth-order valence-corrected chi connectivity index (χ4v) is 3.24. The largest absolute Gasteiger partial charge is 0.231 e. The predicted octanol–water partition coefficient (Wildman–Crippen LogP) is 4.93. The van der Waals surface area contributed by atoms with Gasteiger partial charge in [-0.1, -0.05) is 44.6 Å². The maximum Gasteiger partial charge on any atom is 0.178 e. The van der Waals surface area contributed by atoms with Crippen LogP contribution in [0.25, 0.3) is 0 Å². The van der Waals surface area contributed by atoms with Crippen LogP contribution in [0.4, 0.5) is 0 Å². The van der Waals surface area contributed by atoms with E-state index in [1.165, 1.54) is 5.57 Å². The molecule has 0 bridgehead atoms. The SMILES string of the molecule is CC=C(C)C=CCS(C)(S)c1ncc(C(C)(C)C)cn1. The van der Waals surface area contributed by atoms with Gasteiger partial charge in [-0.15, -0.1) is 20.7 Å². The summed E-state index contributed by atoms with van der Waals surface area (Å²) in [5.74, 6) is 0.885. The molecule has 112 valence electrons. The monoisotopic (exact) mass is 310 g/mol. The summed E-state index contributed by atoms with van der Waals surface area (Å²) in [5.41, 5.74) is 2.51. The maximum atomic E-state index is 4.80. The van der Waals surface area contributed by atoms with Crippen LogP contribution in [-0.4, -0.2) is 22.0 Å². The van der Waals surface area contributed by atoms with Crippen molar-refractivity contribution in [2.45, 2.75) is 45.2 Å². The van der Waals surface area contributed by atoms with Gasteiger partial charge in [0.25, 0.3) is 0 Å². The number of hydrogen-bond donors (Lipinski definition) is 1. The molecule has 0 fully saturated rings. The van der Waals surface area contributed by atoms with Gasteiger partial charge < -0.3 is 0 Å². The molecule has 1 aromatic heterocycles. The summed E-state index contributed by atoms with van der Waals surface area (Å²) in [6, 6.07) is 0. The molecule has 1 rings (SSSR count). The van der Waals surface area contributed by atoms with Crippen molar-refractivity contribution in [1.29, 1.82) is 0 Å². The Morgan fingerprint density at radius 2 is 1.85 bits per heavy atom. The van der Waals surface area contributed by atoms with Crippen LogP contribution in [0.5, 0.6) is 0 Å². The molecule has 0 saturated carbocycles. The van der Waals surface area contributed by atoms with Crippen LogP contribution < -0.4 is 0 Å². The Balaban J connectivity index is 2.85. The molecule has 0 aliphatic rings. The van der Waals surface area contributed by atoms with Gasteiger partial charge in [0, 0.05) is 18.1 Å². The molecule has 0 aliphatic carbocycles. The number of rotatable bonds is 4. The minimum atomic E-state index is -1.27. The zero-order valence-corrected chi connectivity index (χ0v) is 15.1. The molecule has 20 heavy (non-hydrogen) atoms. The normalized spacial score (nSPS) is 18.1. The summed E-state index contributed by atoms with van der Waals surface area (Å²) >= 11 is 4.80. The fourth-order valence-electron chi connectivity index (χ4n) is 1.52. The molecule has 0 spiro atoms. The Labute approximate surface area is 129 Å². The lowest BCUT2D eigenvalue weighted by Gasteiger charge is -2.27. The highest BCUT2D eigenvalue weighted by atomic mass is 33.1. The minimum absolute atomic E-state index is 0.0871. The average Bonchev–Trinajstić information content (AvgIpc) is 2.37. The highest BCUT2D eigenvalue weighted by Crippen LogP contribution is 2.54. The van der Waals surface area contributed by atoms with Crippen LogP contribution in [0.3, 0.4) is 0 Å². The molecule has 1 unspecified atom stereocenters. The molecule has 0 aliphatic heterocycles. The van der Waals surface area contributed by atoms with E-state index in [0.29, 0.717) is 0 Å². The molecule has 0 N–H and O–H groups in total. The minimum Gasteiger partial charge on any atom is -0.231 e. The van der Waals surface area contributed by atoms with E-state index in [0.717, 1.165) is 16.5 Å². The van der Waals surface area contributed by atoms with E-state index in [-0.39, 0.29) is 5.41 Å². The van der Waals surface area contributed by atoms with Crippen LogP contribution in [0.2, 0.25) is 0 Å². The van der Waals surface area contributed by atoms with Crippen molar-refractivity contribution < 1.29 is 0 Å². The molecular formula is C16H26N2S2. The van der Waals surface area contributed by atoms with Crippen LogP contribution >= 0.6 is 20.7 Å². The Morgan fingerprint density at radius 1 is 1.30 bits per heavy atom. The fraction of sp³-hybridized carbons (Fsp3) is 0.500. The lowest BCUT2D eigenvalue weighted by molar-refractivity contribution is 0.580. The van der Waals surface area contributed by atoms with Gasteiger partial charge in [0.05, 0.1) is 0 Å². The van der Waals surface area contributed by atoms with Crippen molar-refractivity contribution in [2.75, 3.05) is 12.0 Å². The maximum absolute atomic E-state index is 4.80. The number of hydrogen-bond acceptors (Lipinski definition) is 3. The van der Waals surface area contributed by atoms with Gasteiger partial charge in [0.2, 0.25) is 0 Å². The third-order valence-electron chi connectivity index (χ3n) is 3.14. The molecule has 0 aromatic carbocycles. The summed E-state index contributed by atoms with van der Waals surface area (Å²) in [6.07, 6.45) is 12.4. The first kappa shape index (κ1) is 17.3. The Hall–Kier alpha value is -0.740. The first-order valence-corrected chi connectivity index (χ1v) is 10.0. The first-order chi connectivity index (χ1) is 9.16. The summed E-state index contributed by atoms with van der Waals surface area (Å²) in [5, 5.41) is 0.858. The smallest absolute Gasteiger partial charge is 0.178 e. The molecule has 0 amide bonds. The van der Waals surface area contributed by atoms with E-state index in [2.05, 4.69) is 62.1 Å². The second-order valence-corrected chi connectivity index (χ2v) is 11.3. The average molecular weight is 311 g/mol. The van der Waals surface area contributed by atoms with E-state index in [1.54, 1.807) is 0 Å². The molecule has 1 heterocycles. The lowest BCUT2D eigenvalue weighted by Crippen LogP contribution is -2.13. The van der Waals surface area contributed by atoms with Gasteiger partial charge >= 0.3 is 0 Å². The van der Waals surface area contributed by atoms with Gasteiger partial charge in [0.15, 0.2) is 5.16 Å². The summed E-state index contributed by atoms with van der Waals surface area (Å²) in [6.45, 7) is 10.6. The zero-order chi connectivity index (χ0) is 15.4. The highest BCUT2D eigenvalue weighted by Gasteiger charge is 2.20. The third kappa shape index (κ3) is 4.98. The number of allylic oxidation sites excluding steroid dienone is 3. The Kier molecular flexibility index (Phi) is 5.90. The number of nitrogens with zero attached hydrogens (tertiary/aromatic N) is 2. The first-order valence-electron chi connectivity index (χ1n) is 6.77. The second kappa shape index (κ2) is 6.81. The predicted molar refractivity (Wildman–Crippen MR) is 94.9 cm³/mol. The van der Waals surface area contributed by atoms with Crippen LogP contribution in [-0.2, 0) is 5.41 Å². The van der Waals surface area contributed by atoms with Gasteiger partial charge in [-0.2, -0.15) is 0 Å². The van der Waals surface area contributed by atoms with Gasteiger partial charge in [-0.3, -0.25) is 0 Å². The highest BCUT2D eigenvalue weighted by molar-refractivity contribution is 8.87. The third-order valence-corrected chi connectivity index (χ3v) is 5.92. The molecule has 4 heteroatoms. The van der Waals surface area contributed by atoms with Crippen molar-refractivity contribution in [3.8, 4) is 0 Å². The number of thiol groups is 1. The Morgan fingerprint density at radius 3 is 2.30 bits per heavy atom. The van der Waals surface area contributed by atoms with Crippen molar-refractivity contribution >= 4 is 20.7 Å². The second-order valence-electron chi connectivity index (χ2n) is 6.15. The summed E-state index contributed by atoms with van der Waals surface area (Å²) in [7, 11) is -1.27. The van der Waals surface area contributed by atoms with E-state index >= 15 is 0 Å². The Bertz CT molecular complexity index is 494. The molecule has 1 aromatic rings. The van der Waals surface area contributed by atoms with Gasteiger partial charge in [-0.05, 0) is 31.1 Å². The van der Waals surface area contributed by atoms with Crippen molar-refractivity contribution in [2.24, 2.45) is 0 Å². The zero-order valence-electron chi connectivity index (χ0n) is 13.3. The van der Waals surface area contributed by atoms with Crippen LogP contribution in [0.1, 0.15) is 40.2 Å². The summed E-state index contributed by atoms with van der Waals surface area (Å²) in [4.78, 5) is 9.07.